The summed E-state index contributed by atoms with van der Waals surface area (Å²) in [6.45, 7) is 0.903. The van der Waals surface area contributed by atoms with E-state index in [1.165, 1.54) is 16.9 Å². The fourth-order valence-electron chi connectivity index (χ4n) is 2.95. The molecule has 1 amide bonds. The van der Waals surface area contributed by atoms with Crippen molar-refractivity contribution in [3.63, 3.8) is 0 Å². The fourth-order valence-corrected chi connectivity index (χ4v) is 3.70. The number of carbonyl (C=O) groups is 1. The van der Waals surface area contributed by atoms with Gasteiger partial charge in [-0.3, -0.25) is 9.69 Å². The van der Waals surface area contributed by atoms with Gasteiger partial charge in [-0.25, -0.2) is 0 Å². The van der Waals surface area contributed by atoms with E-state index in [0.29, 0.717) is 10.6 Å². The van der Waals surface area contributed by atoms with Crippen LogP contribution in [-0.4, -0.2) is 35.6 Å². The highest BCUT2D eigenvalue weighted by Crippen LogP contribution is 2.29. The molecule has 0 bridgehead atoms. The van der Waals surface area contributed by atoms with Crippen LogP contribution in [0, 0.1) is 11.3 Å². The molecule has 2 aromatic rings. The van der Waals surface area contributed by atoms with Crippen molar-refractivity contribution >= 4 is 22.2 Å². The van der Waals surface area contributed by atoms with Crippen LogP contribution in [0.15, 0.2) is 35.7 Å². The van der Waals surface area contributed by atoms with Crippen molar-refractivity contribution in [3.8, 4) is 6.07 Å². The van der Waals surface area contributed by atoms with Gasteiger partial charge < -0.3 is 10.4 Å². The number of aliphatic hydroxyl groups excluding tert-OH is 1. The second-order valence-electron chi connectivity index (χ2n) is 5.44. The maximum atomic E-state index is 12.3. The quantitative estimate of drug-likeness (QED) is 0.902. The molecular weight excluding hydrogens is 310 g/mol. The monoisotopic (exact) mass is 327 g/mol. The van der Waals surface area contributed by atoms with Crippen molar-refractivity contribution < 1.29 is 9.90 Å². The molecule has 0 spiro atoms. The van der Waals surface area contributed by atoms with E-state index in [1.807, 2.05) is 23.1 Å². The molecule has 2 N–H and O–H groups in total. The number of rotatable bonds is 4. The van der Waals surface area contributed by atoms with Crippen molar-refractivity contribution in [1.29, 1.82) is 5.26 Å². The van der Waals surface area contributed by atoms with E-state index >= 15 is 0 Å². The predicted molar refractivity (Wildman–Crippen MR) is 89.2 cm³/mol. The largest absolute Gasteiger partial charge is 0.394 e. The summed E-state index contributed by atoms with van der Waals surface area (Å²) in [6.07, 6.45) is 0.863. The number of nitrogens with one attached hydrogen (secondary N) is 1. The highest BCUT2D eigenvalue weighted by atomic mass is 32.1. The molecule has 0 radical (unpaired) electrons. The summed E-state index contributed by atoms with van der Waals surface area (Å²) in [7, 11) is 0. The molecule has 6 heteroatoms. The molecule has 23 heavy (non-hydrogen) atoms. The van der Waals surface area contributed by atoms with E-state index in [-0.39, 0.29) is 25.1 Å². The summed E-state index contributed by atoms with van der Waals surface area (Å²) in [5.74, 6) is -0.165. The molecule has 0 aliphatic carbocycles. The van der Waals surface area contributed by atoms with Crippen LogP contribution in [-0.2, 0) is 11.2 Å². The van der Waals surface area contributed by atoms with E-state index in [9.17, 15) is 9.90 Å². The van der Waals surface area contributed by atoms with Crippen LogP contribution in [0.1, 0.15) is 22.7 Å². The predicted octanol–water partition coefficient (Wildman–Crippen LogP) is 2.15. The van der Waals surface area contributed by atoms with Gasteiger partial charge in [0.25, 0.3) is 0 Å². The van der Waals surface area contributed by atoms with Crippen LogP contribution in [0.25, 0.3) is 0 Å². The average molecular weight is 327 g/mol. The Morgan fingerprint density at radius 2 is 2.26 bits per heavy atom. The highest BCUT2D eigenvalue weighted by Gasteiger charge is 2.28. The van der Waals surface area contributed by atoms with Crippen molar-refractivity contribution in [2.24, 2.45) is 0 Å². The van der Waals surface area contributed by atoms with Gasteiger partial charge in [-0.2, -0.15) is 5.26 Å². The Morgan fingerprint density at radius 1 is 1.43 bits per heavy atom. The smallest absolute Gasteiger partial charge is 0.239 e. The van der Waals surface area contributed by atoms with Crippen LogP contribution in [0.5, 0.6) is 0 Å². The first-order chi connectivity index (χ1) is 11.2. The van der Waals surface area contributed by atoms with E-state index in [0.717, 1.165) is 18.5 Å². The zero-order chi connectivity index (χ0) is 16.2. The molecule has 1 atom stereocenters. The Morgan fingerprint density at radius 3 is 3.04 bits per heavy atom. The lowest BCUT2D eigenvalue weighted by molar-refractivity contribution is -0.118. The summed E-state index contributed by atoms with van der Waals surface area (Å²) < 4.78 is 0. The van der Waals surface area contributed by atoms with E-state index in [2.05, 4.69) is 17.5 Å². The lowest BCUT2D eigenvalue weighted by Gasteiger charge is -2.35. The number of benzene rings is 1. The minimum Gasteiger partial charge on any atom is -0.394 e. The molecule has 3 rings (SSSR count). The molecule has 0 saturated carbocycles. The third-order valence-corrected chi connectivity index (χ3v) is 4.91. The van der Waals surface area contributed by atoms with Gasteiger partial charge in [0.05, 0.1) is 24.8 Å². The third-order valence-electron chi connectivity index (χ3n) is 4.08. The number of carbonyl (C=O) groups excluding carboxylic acids is 1. The van der Waals surface area contributed by atoms with Gasteiger partial charge in [0, 0.05) is 6.54 Å². The number of fused-ring (bicyclic) bond motifs is 1. The minimum atomic E-state index is -0.165. The van der Waals surface area contributed by atoms with E-state index in [4.69, 9.17) is 5.26 Å². The van der Waals surface area contributed by atoms with Gasteiger partial charge in [0.2, 0.25) is 5.91 Å². The standard InChI is InChI=1S/C17H17N3O2S/c18-9-13-6-8-23-17(13)19-16(22)10-20-7-5-12-3-1-2-4-14(12)15(20)11-21/h1-4,6,8,15,21H,5,7,10-11H2,(H,19,22). The number of hydrogen-bond donors (Lipinski definition) is 2. The molecular formula is C17H17N3O2S. The minimum absolute atomic E-state index is 0.0211. The van der Waals surface area contributed by atoms with Gasteiger partial charge in [-0.05, 0) is 29.0 Å². The topological polar surface area (TPSA) is 76.4 Å². The average Bonchev–Trinajstić information content (AvgIpc) is 3.01. The Labute approximate surface area is 138 Å². The lowest BCUT2D eigenvalue weighted by Crippen LogP contribution is -2.42. The van der Waals surface area contributed by atoms with Crippen molar-refractivity contribution in [3.05, 3.63) is 52.4 Å². The maximum Gasteiger partial charge on any atom is 0.239 e. The number of nitriles is 1. The number of nitrogens with zero attached hydrogens (tertiary/aromatic N) is 2. The van der Waals surface area contributed by atoms with Crippen molar-refractivity contribution in [2.45, 2.75) is 12.5 Å². The molecule has 5 nitrogen and oxygen atoms in total. The molecule has 1 aliphatic heterocycles. The van der Waals surface area contributed by atoms with Crippen LogP contribution < -0.4 is 5.32 Å². The Bertz CT molecular complexity index is 750. The van der Waals surface area contributed by atoms with Gasteiger partial charge >= 0.3 is 0 Å². The fraction of sp³-hybridized carbons (Fsp3) is 0.294. The summed E-state index contributed by atoms with van der Waals surface area (Å²) in [5.41, 5.74) is 2.79. The molecule has 2 heterocycles. The number of hydrogen-bond acceptors (Lipinski definition) is 5. The lowest BCUT2D eigenvalue weighted by atomic mass is 9.93. The molecule has 1 aromatic heterocycles. The Hall–Kier alpha value is -2.20. The maximum absolute atomic E-state index is 12.3. The second kappa shape index (κ2) is 6.92. The van der Waals surface area contributed by atoms with E-state index in [1.54, 1.807) is 11.4 Å². The Kier molecular flexibility index (Phi) is 4.72. The summed E-state index contributed by atoms with van der Waals surface area (Å²) >= 11 is 1.34. The van der Waals surface area contributed by atoms with Gasteiger partial charge in [0.1, 0.15) is 11.1 Å². The van der Waals surface area contributed by atoms with Crippen LogP contribution >= 0.6 is 11.3 Å². The molecule has 1 unspecified atom stereocenters. The molecule has 1 aliphatic rings. The summed E-state index contributed by atoms with van der Waals surface area (Å²) in [5, 5.41) is 23.9. The summed E-state index contributed by atoms with van der Waals surface area (Å²) in [6, 6.07) is 11.6. The molecule has 118 valence electrons. The van der Waals surface area contributed by atoms with Gasteiger partial charge in [0.15, 0.2) is 0 Å². The first-order valence-corrected chi connectivity index (χ1v) is 8.31. The first-order valence-electron chi connectivity index (χ1n) is 7.43. The number of aliphatic hydroxyl groups is 1. The number of thiophene rings is 1. The van der Waals surface area contributed by atoms with Gasteiger partial charge in [-0.1, -0.05) is 24.3 Å². The zero-order valence-electron chi connectivity index (χ0n) is 12.5. The van der Waals surface area contributed by atoms with Crippen molar-refractivity contribution in [2.75, 3.05) is 25.0 Å². The molecule has 1 aromatic carbocycles. The second-order valence-corrected chi connectivity index (χ2v) is 6.36. The van der Waals surface area contributed by atoms with Crippen LogP contribution in [0.2, 0.25) is 0 Å². The third kappa shape index (κ3) is 3.27. The highest BCUT2D eigenvalue weighted by molar-refractivity contribution is 7.14. The Balaban J connectivity index is 1.70. The number of anilines is 1. The van der Waals surface area contributed by atoms with Crippen LogP contribution in [0.3, 0.4) is 0 Å². The molecule has 0 saturated heterocycles. The zero-order valence-corrected chi connectivity index (χ0v) is 13.3. The SMILES string of the molecule is N#Cc1ccsc1NC(=O)CN1CCc2ccccc2C1CO. The van der Waals surface area contributed by atoms with Crippen LogP contribution in [0.4, 0.5) is 5.00 Å². The normalized spacial score (nSPS) is 17.3. The van der Waals surface area contributed by atoms with Gasteiger partial charge in [-0.15, -0.1) is 11.3 Å². The number of amides is 1. The van der Waals surface area contributed by atoms with Crippen molar-refractivity contribution in [1.82, 2.24) is 4.90 Å². The first kappa shape index (κ1) is 15.7. The summed E-state index contributed by atoms with van der Waals surface area (Å²) in [4.78, 5) is 14.3. The van der Waals surface area contributed by atoms with E-state index < -0.39 is 0 Å². The molecule has 0 fully saturated rings.